The summed E-state index contributed by atoms with van der Waals surface area (Å²) in [4.78, 5) is 24.6. The number of amides is 1. The highest BCUT2D eigenvalue weighted by Crippen LogP contribution is 2.44. The van der Waals surface area contributed by atoms with E-state index in [1.54, 1.807) is 12.1 Å². The van der Waals surface area contributed by atoms with Crippen molar-refractivity contribution in [1.29, 1.82) is 0 Å². The quantitative estimate of drug-likeness (QED) is 0.821. The standard InChI is InChI=1S/C17H17BrFNO2/c1-17(2)7-13-16(14(21)8-17)10(6-15(22)20-13)9-3-4-12(19)11(18)5-9/h3-5,10H,6-8H2,1-2H3,(H,20,22)/t10-/m1/s1. The number of nitrogens with one attached hydrogen (secondary N) is 1. The Morgan fingerprint density at radius 1 is 1.27 bits per heavy atom. The van der Waals surface area contributed by atoms with Crippen LogP contribution in [-0.2, 0) is 9.59 Å². The zero-order valence-electron chi connectivity index (χ0n) is 12.5. The van der Waals surface area contributed by atoms with Gasteiger partial charge in [-0.3, -0.25) is 9.59 Å². The lowest BCUT2D eigenvalue weighted by Gasteiger charge is -2.37. The second-order valence-corrected chi connectivity index (χ2v) is 7.67. The van der Waals surface area contributed by atoms with Gasteiger partial charge in [0.2, 0.25) is 5.91 Å². The maximum Gasteiger partial charge on any atom is 0.225 e. The molecule has 1 aliphatic heterocycles. The monoisotopic (exact) mass is 365 g/mol. The fourth-order valence-corrected chi connectivity index (χ4v) is 3.77. The summed E-state index contributed by atoms with van der Waals surface area (Å²) in [5.74, 6) is -0.648. The summed E-state index contributed by atoms with van der Waals surface area (Å²) in [7, 11) is 0. The molecule has 0 unspecified atom stereocenters. The Hall–Kier alpha value is -1.49. The molecule has 0 spiro atoms. The number of Topliss-reactive ketones (excluding diaryl/α,β-unsaturated/α-hetero) is 1. The van der Waals surface area contributed by atoms with Gasteiger partial charge in [0.15, 0.2) is 5.78 Å². The molecule has 1 heterocycles. The van der Waals surface area contributed by atoms with Crippen LogP contribution in [0.2, 0.25) is 0 Å². The number of hydrogen-bond donors (Lipinski definition) is 1. The van der Waals surface area contributed by atoms with E-state index in [1.165, 1.54) is 6.07 Å². The van der Waals surface area contributed by atoms with E-state index in [0.717, 1.165) is 11.3 Å². The minimum Gasteiger partial charge on any atom is -0.329 e. The number of carbonyl (C=O) groups excluding carboxylic acids is 2. The largest absolute Gasteiger partial charge is 0.329 e. The highest BCUT2D eigenvalue weighted by Gasteiger charge is 2.40. The first-order chi connectivity index (χ1) is 10.3. The first kappa shape index (κ1) is 15.4. The van der Waals surface area contributed by atoms with Crippen LogP contribution in [0, 0.1) is 11.2 Å². The number of halogens is 2. The molecule has 116 valence electrons. The van der Waals surface area contributed by atoms with Gasteiger partial charge in [-0.15, -0.1) is 0 Å². The summed E-state index contributed by atoms with van der Waals surface area (Å²) in [5.41, 5.74) is 2.08. The predicted molar refractivity (Wildman–Crippen MR) is 84.6 cm³/mol. The Kier molecular flexibility index (Phi) is 3.71. The zero-order valence-corrected chi connectivity index (χ0v) is 14.1. The summed E-state index contributed by atoms with van der Waals surface area (Å²) in [5, 5.41) is 2.86. The first-order valence-electron chi connectivity index (χ1n) is 7.28. The molecule has 5 heteroatoms. The van der Waals surface area contributed by atoms with E-state index in [2.05, 4.69) is 21.2 Å². The molecule has 2 aliphatic rings. The van der Waals surface area contributed by atoms with Gasteiger partial charge in [0.25, 0.3) is 0 Å². The molecular weight excluding hydrogens is 349 g/mol. The van der Waals surface area contributed by atoms with Gasteiger partial charge in [-0.2, -0.15) is 0 Å². The van der Waals surface area contributed by atoms with Crippen molar-refractivity contribution in [1.82, 2.24) is 5.32 Å². The van der Waals surface area contributed by atoms with Crippen LogP contribution < -0.4 is 5.32 Å². The van der Waals surface area contributed by atoms with Crippen molar-refractivity contribution in [2.45, 2.75) is 39.0 Å². The van der Waals surface area contributed by atoms with Crippen LogP contribution in [-0.4, -0.2) is 11.7 Å². The van der Waals surface area contributed by atoms with Crippen LogP contribution in [0.25, 0.3) is 0 Å². The number of carbonyl (C=O) groups is 2. The highest BCUT2D eigenvalue weighted by atomic mass is 79.9. The second-order valence-electron chi connectivity index (χ2n) is 6.81. The molecule has 3 rings (SSSR count). The fourth-order valence-electron chi connectivity index (χ4n) is 3.37. The van der Waals surface area contributed by atoms with E-state index in [9.17, 15) is 14.0 Å². The van der Waals surface area contributed by atoms with Gasteiger partial charge in [0, 0.05) is 30.0 Å². The van der Waals surface area contributed by atoms with E-state index in [4.69, 9.17) is 0 Å². The average Bonchev–Trinajstić information content (AvgIpc) is 2.39. The number of rotatable bonds is 1. The van der Waals surface area contributed by atoms with Crippen molar-refractivity contribution >= 4 is 27.6 Å². The summed E-state index contributed by atoms with van der Waals surface area (Å²) >= 11 is 3.17. The van der Waals surface area contributed by atoms with Crippen molar-refractivity contribution in [3.63, 3.8) is 0 Å². The number of benzene rings is 1. The van der Waals surface area contributed by atoms with Gasteiger partial charge in [-0.25, -0.2) is 4.39 Å². The van der Waals surface area contributed by atoms with Gasteiger partial charge in [-0.05, 0) is 45.5 Å². The van der Waals surface area contributed by atoms with Crippen LogP contribution >= 0.6 is 15.9 Å². The lowest BCUT2D eigenvalue weighted by atomic mass is 9.70. The van der Waals surface area contributed by atoms with Crippen molar-refractivity contribution in [2.75, 3.05) is 0 Å². The van der Waals surface area contributed by atoms with E-state index in [1.807, 2.05) is 13.8 Å². The van der Waals surface area contributed by atoms with Gasteiger partial charge in [0.05, 0.1) is 4.47 Å². The maximum absolute atomic E-state index is 13.4. The molecule has 1 aliphatic carbocycles. The summed E-state index contributed by atoms with van der Waals surface area (Å²) in [6, 6.07) is 4.68. The van der Waals surface area contributed by atoms with E-state index in [0.29, 0.717) is 22.9 Å². The van der Waals surface area contributed by atoms with Crippen LogP contribution in [0.4, 0.5) is 4.39 Å². The van der Waals surface area contributed by atoms with Crippen LogP contribution in [0.15, 0.2) is 33.9 Å². The Morgan fingerprint density at radius 2 is 2.00 bits per heavy atom. The lowest BCUT2D eigenvalue weighted by Crippen LogP contribution is -2.40. The topological polar surface area (TPSA) is 46.2 Å². The zero-order chi connectivity index (χ0) is 16.1. The minimum absolute atomic E-state index is 0.0803. The second kappa shape index (κ2) is 5.30. The predicted octanol–water partition coefficient (Wildman–Crippen LogP) is 3.83. The molecule has 3 nitrogen and oxygen atoms in total. The Balaban J connectivity index is 2.08. The normalized spacial score (nSPS) is 24.1. The van der Waals surface area contributed by atoms with E-state index in [-0.39, 0.29) is 35.3 Å². The maximum atomic E-state index is 13.4. The third kappa shape index (κ3) is 2.74. The molecule has 0 aromatic heterocycles. The molecule has 0 saturated carbocycles. The Labute approximate surface area is 137 Å². The molecule has 0 fully saturated rings. The van der Waals surface area contributed by atoms with Crippen molar-refractivity contribution in [2.24, 2.45) is 5.41 Å². The van der Waals surface area contributed by atoms with E-state index >= 15 is 0 Å². The molecule has 22 heavy (non-hydrogen) atoms. The van der Waals surface area contributed by atoms with E-state index < -0.39 is 0 Å². The average molecular weight is 366 g/mol. The molecule has 1 atom stereocenters. The van der Waals surface area contributed by atoms with Gasteiger partial charge < -0.3 is 5.32 Å². The van der Waals surface area contributed by atoms with Gasteiger partial charge >= 0.3 is 0 Å². The Bertz CT molecular complexity index is 709. The third-order valence-electron chi connectivity index (χ3n) is 4.29. The number of allylic oxidation sites excluding steroid dienone is 2. The molecule has 0 bridgehead atoms. The number of ketones is 1. The molecule has 1 N–H and O–H groups in total. The van der Waals surface area contributed by atoms with Crippen LogP contribution in [0.3, 0.4) is 0 Å². The molecular formula is C17H17BrFNO2. The SMILES string of the molecule is CC1(C)CC(=O)C2=C(C1)NC(=O)C[C@@H]2c1ccc(F)c(Br)c1. The summed E-state index contributed by atoms with van der Waals surface area (Å²) in [6.45, 7) is 4.05. The first-order valence-corrected chi connectivity index (χ1v) is 8.07. The fraction of sp³-hybridized carbons (Fsp3) is 0.412. The van der Waals surface area contributed by atoms with Crippen LogP contribution in [0.1, 0.15) is 44.6 Å². The summed E-state index contributed by atoms with van der Waals surface area (Å²) < 4.78 is 13.8. The summed E-state index contributed by atoms with van der Waals surface area (Å²) in [6.07, 6.45) is 1.38. The molecule has 1 aromatic carbocycles. The van der Waals surface area contributed by atoms with Crippen LogP contribution in [0.5, 0.6) is 0 Å². The number of hydrogen-bond acceptors (Lipinski definition) is 2. The van der Waals surface area contributed by atoms with Crippen molar-refractivity contribution in [3.8, 4) is 0 Å². The van der Waals surface area contributed by atoms with Crippen molar-refractivity contribution in [3.05, 3.63) is 45.3 Å². The molecule has 0 radical (unpaired) electrons. The van der Waals surface area contributed by atoms with Gasteiger partial charge in [-0.1, -0.05) is 19.9 Å². The molecule has 1 aromatic rings. The molecule has 1 amide bonds. The lowest BCUT2D eigenvalue weighted by molar-refractivity contribution is -0.122. The molecule has 0 saturated heterocycles. The highest BCUT2D eigenvalue weighted by molar-refractivity contribution is 9.10. The third-order valence-corrected chi connectivity index (χ3v) is 4.90. The smallest absolute Gasteiger partial charge is 0.225 e. The Morgan fingerprint density at radius 3 is 2.68 bits per heavy atom. The van der Waals surface area contributed by atoms with Crippen molar-refractivity contribution < 1.29 is 14.0 Å². The van der Waals surface area contributed by atoms with Gasteiger partial charge in [0.1, 0.15) is 5.82 Å². The minimum atomic E-state index is -0.352.